The summed E-state index contributed by atoms with van der Waals surface area (Å²) in [5, 5.41) is 0. The molecule has 1 aliphatic carbocycles. The lowest BCUT2D eigenvalue weighted by Gasteiger charge is -2.05. The summed E-state index contributed by atoms with van der Waals surface area (Å²) in [7, 11) is 0. The summed E-state index contributed by atoms with van der Waals surface area (Å²) in [6, 6.07) is 2.01. The Labute approximate surface area is 112 Å². The largest absolute Gasteiger partial charge is 0.329 e. The smallest absolute Gasteiger partial charge is 0.179 e. The van der Waals surface area contributed by atoms with E-state index in [-0.39, 0.29) is 0 Å². The van der Waals surface area contributed by atoms with Gasteiger partial charge in [-0.25, -0.2) is 4.98 Å². The molecule has 3 nitrogen and oxygen atoms in total. The first kappa shape index (κ1) is 11.7. The Balaban J connectivity index is 1.93. The van der Waals surface area contributed by atoms with Crippen molar-refractivity contribution in [1.82, 2.24) is 14.5 Å². The molecule has 0 atom stereocenters. The molecule has 1 aliphatic rings. The van der Waals surface area contributed by atoms with Gasteiger partial charge in [-0.1, -0.05) is 11.6 Å². The lowest BCUT2D eigenvalue weighted by Crippen LogP contribution is -2.00. The molecule has 0 radical (unpaired) electrons. The minimum atomic E-state index is 0.783. The minimum Gasteiger partial charge on any atom is -0.329 e. The standard InChI is InChI=1S/C14H17N3S/c1-10-6-8-15-13-12(10)16-14(18)17(13)9-7-11-4-2-3-5-11/h4,6,8H,2-3,5,7,9H2,1H3,(H,16,18). The molecule has 0 amide bonds. The van der Waals surface area contributed by atoms with E-state index < -0.39 is 0 Å². The number of allylic oxidation sites excluding steroid dienone is 2. The van der Waals surface area contributed by atoms with Gasteiger partial charge in [0.25, 0.3) is 0 Å². The Bertz CT molecular complexity index is 663. The Morgan fingerprint density at radius 2 is 2.39 bits per heavy atom. The third-order valence-electron chi connectivity index (χ3n) is 3.66. The van der Waals surface area contributed by atoms with Crippen LogP contribution in [0.4, 0.5) is 0 Å². The molecule has 2 aromatic rings. The number of hydrogen-bond acceptors (Lipinski definition) is 2. The maximum absolute atomic E-state index is 5.40. The molecule has 3 rings (SSSR count). The van der Waals surface area contributed by atoms with Crippen molar-refractivity contribution >= 4 is 23.4 Å². The predicted octanol–water partition coefficient (Wildman–Crippen LogP) is 3.90. The van der Waals surface area contributed by atoms with Crippen molar-refractivity contribution in [3.8, 4) is 0 Å². The van der Waals surface area contributed by atoms with Gasteiger partial charge in [-0.15, -0.1) is 0 Å². The van der Waals surface area contributed by atoms with Gasteiger partial charge in [0, 0.05) is 12.7 Å². The average molecular weight is 259 g/mol. The predicted molar refractivity (Wildman–Crippen MR) is 76.2 cm³/mol. The zero-order chi connectivity index (χ0) is 12.5. The summed E-state index contributed by atoms with van der Waals surface area (Å²) >= 11 is 5.40. The van der Waals surface area contributed by atoms with E-state index in [1.807, 2.05) is 12.3 Å². The second kappa shape index (κ2) is 4.69. The lowest BCUT2D eigenvalue weighted by atomic mass is 10.2. The normalized spacial score (nSPS) is 15.3. The van der Waals surface area contributed by atoms with E-state index in [1.54, 1.807) is 5.57 Å². The number of nitrogens with zero attached hydrogens (tertiary/aromatic N) is 2. The van der Waals surface area contributed by atoms with Gasteiger partial charge in [0.15, 0.2) is 10.4 Å². The summed E-state index contributed by atoms with van der Waals surface area (Å²) in [5.74, 6) is 0. The molecule has 0 spiro atoms. The number of pyridine rings is 1. The van der Waals surface area contributed by atoms with Crippen molar-refractivity contribution < 1.29 is 0 Å². The SMILES string of the molecule is Cc1ccnc2c1[nH]c(=S)n2CCC1=CCCC1. The van der Waals surface area contributed by atoms with Crippen LogP contribution in [0.1, 0.15) is 31.2 Å². The summed E-state index contributed by atoms with van der Waals surface area (Å²) in [4.78, 5) is 7.72. The maximum atomic E-state index is 5.40. The van der Waals surface area contributed by atoms with Crippen molar-refractivity contribution in [2.75, 3.05) is 0 Å². The zero-order valence-electron chi connectivity index (χ0n) is 10.6. The molecule has 2 heterocycles. The van der Waals surface area contributed by atoms with Crippen molar-refractivity contribution in [3.63, 3.8) is 0 Å². The van der Waals surface area contributed by atoms with E-state index in [2.05, 4.69) is 27.5 Å². The van der Waals surface area contributed by atoms with E-state index in [9.17, 15) is 0 Å². The van der Waals surface area contributed by atoms with Gasteiger partial charge in [-0.3, -0.25) is 0 Å². The number of nitrogens with one attached hydrogen (secondary N) is 1. The van der Waals surface area contributed by atoms with Crippen LogP contribution in [0.25, 0.3) is 11.2 Å². The van der Waals surface area contributed by atoms with Gasteiger partial charge in [0.05, 0.1) is 5.52 Å². The van der Waals surface area contributed by atoms with Crippen molar-refractivity contribution in [1.29, 1.82) is 0 Å². The Morgan fingerprint density at radius 1 is 1.50 bits per heavy atom. The van der Waals surface area contributed by atoms with Crippen LogP contribution in [-0.2, 0) is 6.54 Å². The highest BCUT2D eigenvalue weighted by molar-refractivity contribution is 7.71. The van der Waals surface area contributed by atoms with Gasteiger partial charge >= 0.3 is 0 Å². The lowest BCUT2D eigenvalue weighted by molar-refractivity contribution is 0.683. The second-order valence-electron chi connectivity index (χ2n) is 4.91. The molecule has 94 valence electrons. The number of rotatable bonds is 3. The molecule has 1 N–H and O–H groups in total. The van der Waals surface area contributed by atoms with Crippen LogP contribution in [0, 0.1) is 11.7 Å². The molecular weight excluding hydrogens is 242 g/mol. The number of aryl methyl sites for hydroxylation is 2. The van der Waals surface area contributed by atoms with E-state index in [0.717, 1.165) is 28.9 Å². The number of H-pyrrole nitrogens is 1. The van der Waals surface area contributed by atoms with Crippen LogP contribution < -0.4 is 0 Å². The van der Waals surface area contributed by atoms with Gasteiger partial charge in [0.2, 0.25) is 0 Å². The highest BCUT2D eigenvalue weighted by Gasteiger charge is 2.09. The van der Waals surface area contributed by atoms with E-state index in [1.165, 1.54) is 24.8 Å². The van der Waals surface area contributed by atoms with Crippen LogP contribution in [0.2, 0.25) is 0 Å². The van der Waals surface area contributed by atoms with E-state index >= 15 is 0 Å². The molecule has 0 saturated carbocycles. The van der Waals surface area contributed by atoms with Gasteiger partial charge in [0.1, 0.15) is 0 Å². The minimum absolute atomic E-state index is 0.783. The highest BCUT2D eigenvalue weighted by Crippen LogP contribution is 2.22. The van der Waals surface area contributed by atoms with Gasteiger partial charge < -0.3 is 9.55 Å². The molecule has 4 heteroatoms. The summed E-state index contributed by atoms with van der Waals surface area (Å²) in [6.07, 6.45) is 9.12. The first-order valence-corrected chi connectivity index (χ1v) is 6.88. The highest BCUT2D eigenvalue weighted by atomic mass is 32.1. The van der Waals surface area contributed by atoms with Crippen molar-refractivity contribution in [2.24, 2.45) is 0 Å². The number of imidazole rings is 1. The topological polar surface area (TPSA) is 33.6 Å². The second-order valence-corrected chi connectivity index (χ2v) is 5.30. The molecule has 0 saturated heterocycles. The molecule has 2 aromatic heterocycles. The third-order valence-corrected chi connectivity index (χ3v) is 3.99. The fourth-order valence-electron chi connectivity index (χ4n) is 2.60. The van der Waals surface area contributed by atoms with Gasteiger partial charge in [-0.05, 0) is 56.5 Å². The van der Waals surface area contributed by atoms with Crippen molar-refractivity contribution in [3.05, 3.63) is 34.2 Å². The van der Waals surface area contributed by atoms with Crippen LogP contribution in [0.5, 0.6) is 0 Å². The first-order chi connectivity index (χ1) is 8.75. The Morgan fingerprint density at radius 3 is 3.17 bits per heavy atom. The molecular formula is C14H17N3S. The average Bonchev–Trinajstić information content (AvgIpc) is 2.95. The Kier molecular flexibility index (Phi) is 3.04. The summed E-state index contributed by atoms with van der Waals surface area (Å²) < 4.78 is 2.90. The molecule has 0 bridgehead atoms. The molecule has 0 unspecified atom stereocenters. The Hall–Kier alpha value is -1.42. The molecule has 0 aromatic carbocycles. The van der Waals surface area contributed by atoms with Crippen LogP contribution in [-0.4, -0.2) is 14.5 Å². The molecule has 0 fully saturated rings. The molecule has 0 aliphatic heterocycles. The third kappa shape index (κ3) is 2.01. The fraction of sp³-hybridized carbons (Fsp3) is 0.429. The van der Waals surface area contributed by atoms with E-state index in [0.29, 0.717) is 0 Å². The first-order valence-electron chi connectivity index (χ1n) is 6.48. The maximum Gasteiger partial charge on any atom is 0.179 e. The number of hydrogen-bond donors (Lipinski definition) is 1. The van der Waals surface area contributed by atoms with Crippen molar-refractivity contribution in [2.45, 2.75) is 39.2 Å². The van der Waals surface area contributed by atoms with Crippen LogP contribution >= 0.6 is 12.2 Å². The molecule has 18 heavy (non-hydrogen) atoms. The summed E-state index contributed by atoms with van der Waals surface area (Å²) in [5.41, 5.74) is 4.82. The fourth-order valence-corrected chi connectivity index (χ4v) is 2.88. The number of aromatic nitrogens is 3. The monoisotopic (exact) mass is 259 g/mol. The zero-order valence-corrected chi connectivity index (χ0v) is 11.4. The van der Waals surface area contributed by atoms with Gasteiger partial charge in [-0.2, -0.15) is 0 Å². The number of fused-ring (bicyclic) bond motifs is 1. The quantitative estimate of drug-likeness (QED) is 0.670. The summed E-state index contributed by atoms with van der Waals surface area (Å²) in [6.45, 7) is 3.01. The number of aromatic amines is 1. The van der Waals surface area contributed by atoms with Crippen LogP contribution in [0.15, 0.2) is 23.9 Å². The van der Waals surface area contributed by atoms with Crippen LogP contribution in [0.3, 0.4) is 0 Å². The van der Waals surface area contributed by atoms with E-state index in [4.69, 9.17) is 12.2 Å².